The van der Waals surface area contributed by atoms with Crippen LogP contribution >= 0.6 is 9.24 Å². The maximum absolute atomic E-state index is 11.6. The van der Waals surface area contributed by atoms with Crippen molar-refractivity contribution >= 4 is 14.5 Å². The van der Waals surface area contributed by atoms with Crippen LogP contribution in [0.2, 0.25) is 0 Å². The fourth-order valence-corrected chi connectivity index (χ4v) is 4.79. The fraction of sp³-hybridized carbons (Fsp3) is 0. The molecular formula is C30H23OP. The van der Waals surface area contributed by atoms with Gasteiger partial charge in [0.25, 0.3) is 0 Å². The number of rotatable bonds is 4. The Morgan fingerprint density at radius 2 is 0.656 bits per heavy atom. The van der Waals surface area contributed by atoms with Gasteiger partial charge in [0.15, 0.2) is 0 Å². The Morgan fingerprint density at radius 1 is 0.375 bits per heavy atom. The minimum atomic E-state index is 0.290. The highest BCUT2D eigenvalue weighted by atomic mass is 31.0. The van der Waals surface area contributed by atoms with Crippen LogP contribution in [0.15, 0.2) is 121 Å². The molecule has 0 heterocycles. The lowest BCUT2D eigenvalue weighted by atomic mass is 9.82. The zero-order valence-corrected chi connectivity index (χ0v) is 18.7. The summed E-state index contributed by atoms with van der Waals surface area (Å²) in [5.74, 6) is 0.290. The van der Waals surface area contributed by atoms with Crippen LogP contribution in [0.3, 0.4) is 0 Å². The fourth-order valence-electron chi connectivity index (χ4n) is 4.33. The van der Waals surface area contributed by atoms with Crippen molar-refractivity contribution in [2.24, 2.45) is 0 Å². The molecule has 5 rings (SSSR count). The molecule has 0 saturated heterocycles. The molecule has 1 nitrogen and oxygen atoms in total. The van der Waals surface area contributed by atoms with E-state index in [0.29, 0.717) is 5.75 Å². The standard InChI is InChI=1S/C30H23OP/c31-29-27(23-17-9-3-10-18-23)25(21-13-5-1-6-14-21)26(22-15-7-2-8-16-22)28(30(29)32)24-19-11-4-12-20-24/h1-20,31H,32H2. The Balaban J connectivity index is 2.00. The highest BCUT2D eigenvalue weighted by Crippen LogP contribution is 2.49. The first-order chi connectivity index (χ1) is 15.8. The Morgan fingerprint density at radius 3 is 1.03 bits per heavy atom. The van der Waals surface area contributed by atoms with Gasteiger partial charge in [-0.1, -0.05) is 121 Å². The second-order valence-electron chi connectivity index (χ2n) is 7.73. The van der Waals surface area contributed by atoms with Gasteiger partial charge in [-0.25, -0.2) is 0 Å². The molecule has 0 fully saturated rings. The second-order valence-corrected chi connectivity index (χ2v) is 8.30. The average molecular weight is 430 g/mol. The number of phenolic OH excluding ortho intramolecular Hbond substituents is 1. The number of phenols is 1. The van der Waals surface area contributed by atoms with Crippen LogP contribution in [0.4, 0.5) is 0 Å². The van der Waals surface area contributed by atoms with Crippen molar-refractivity contribution < 1.29 is 5.11 Å². The molecule has 32 heavy (non-hydrogen) atoms. The Bertz CT molecular complexity index is 1240. The molecule has 2 heteroatoms. The molecule has 0 saturated carbocycles. The molecule has 1 atom stereocenters. The molecule has 0 aromatic heterocycles. The third-order valence-electron chi connectivity index (χ3n) is 5.76. The van der Waals surface area contributed by atoms with Crippen molar-refractivity contribution in [2.45, 2.75) is 0 Å². The van der Waals surface area contributed by atoms with Gasteiger partial charge in [-0.2, -0.15) is 0 Å². The van der Waals surface area contributed by atoms with Gasteiger partial charge < -0.3 is 5.11 Å². The predicted molar refractivity (Wildman–Crippen MR) is 139 cm³/mol. The van der Waals surface area contributed by atoms with E-state index in [2.05, 4.69) is 69.9 Å². The number of benzene rings is 5. The van der Waals surface area contributed by atoms with E-state index in [0.717, 1.165) is 49.8 Å². The van der Waals surface area contributed by atoms with Crippen molar-refractivity contribution in [3.8, 4) is 50.3 Å². The van der Waals surface area contributed by atoms with Crippen LogP contribution in [0.25, 0.3) is 44.5 Å². The first kappa shape index (κ1) is 20.2. The van der Waals surface area contributed by atoms with Crippen molar-refractivity contribution in [3.63, 3.8) is 0 Å². The van der Waals surface area contributed by atoms with Crippen LogP contribution in [0.1, 0.15) is 0 Å². The van der Waals surface area contributed by atoms with Gasteiger partial charge >= 0.3 is 0 Å². The summed E-state index contributed by atoms with van der Waals surface area (Å²) in [5, 5.41) is 12.4. The molecule has 0 aliphatic carbocycles. The summed E-state index contributed by atoms with van der Waals surface area (Å²) < 4.78 is 0. The second kappa shape index (κ2) is 8.83. The molecule has 0 radical (unpaired) electrons. The van der Waals surface area contributed by atoms with Gasteiger partial charge in [0.05, 0.1) is 0 Å². The summed E-state index contributed by atoms with van der Waals surface area (Å²) in [6.45, 7) is 0. The number of hydrogen-bond acceptors (Lipinski definition) is 1. The third kappa shape index (κ3) is 3.62. The van der Waals surface area contributed by atoms with E-state index in [1.807, 2.05) is 60.7 Å². The highest BCUT2D eigenvalue weighted by molar-refractivity contribution is 7.28. The quantitative estimate of drug-likeness (QED) is 0.292. The maximum atomic E-state index is 11.6. The van der Waals surface area contributed by atoms with Crippen LogP contribution in [0.5, 0.6) is 5.75 Å². The summed E-state index contributed by atoms with van der Waals surface area (Å²) in [4.78, 5) is 0. The summed E-state index contributed by atoms with van der Waals surface area (Å²) in [6, 6.07) is 41.3. The van der Waals surface area contributed by atoms with Crippen LogP contribution in [0, 0.1) is 0 Å². The number of hydrogen-bond donors (Lipinski definition) is 1. The zero-order chi connectivity index (χ0) is 21.9. The van der Waals surface area contributed by atoms with E-state index in [9.17, 15) is 5.11 Å². The van der Waals surface area contributed by atoms with Gasteiger partial charge in [0.2, 0.25) is 0 Å². The molecule has 1 N–H and O–H groups in total. The van der Waals surface area contributed by atoms with E-state index < -0.39 is 0 Å². The van der Waals surface area contributed by atoms with Gasteiger partial charge in [-0.05, 0) is 27.8 Å². The van der Waals surface area contributed by atoms with Crippen LogP contribution in [-0.4, -0.2) is 5.11 Å². The highest BCUT2D eigenvalue weighted by Gasteiger charge is 2.25. The monoisotopic (exact) mass is 430 g/mol. The van der Waals surface area contributed by atoms with E-state index in [1.165, 1.54) is 0 Å². The summed E-state index contributed by atoms with van der Waals surface area (Å²) in [7, 11) is 2.80. The molecular weight excluding hydrogens is 407 g/mol. The Hall–Kier alpha value is -3.67. The average Bonchev–Trinajstić information content (AvgIpc) is 2.87. The molecule has 0 spiro atoms. The van der Waals surface area contributed by atoms with Crippen molar-refractivity contribution in [2.75, 3.05) is 0 Å². The maximum Gasteiger partial charge on any atom is 0.131 e. The predicted octanol–water partition coefficient (Wildman–Crippen LogP) is 7.56. The zero-order valence-electron chi connectivity index (χ0n) is 17.6. The first-order valence-electron chi connectivity index (χ1n) is 10.7. The van der Waals surface area contributed by atoms with E-state index in [-0.39, 0.29) is 0 Å². The van der Waals surface area contributed by atoms with Crippen molar-refractivity contribution in [1.29, 1.82) is 0 Å². The van der Waals surface area contributed by atoms with Crippen LogP contribution < -0.4 is 5.30 Å². The molecule has 0 amide bonds. The molecule has 0 bridgehead atoms. The summed E-state index contributed by atoms with van der Waals surface area (Å²) in [6.07, 6.45) is 0. The molecule has 5 aromatic rings. The molecule has 0 aliphatic rings. The van der Waals surface area contributed by atoms with E-state index >= 15 is 0 Å². The smallest absolute Gasteiger partial charge is 0.131 e. The minimum Gasteiger partial charge on any atom is -0.507 e. The third-order valence-corrected chi connectivity index (χ3v) is 6.32. The molecule has 5 aromatic carbocycles. The van der Waals surface area contributed by atoms with Crippen molar-refractivity contribution in [3.05, 3.63) is 121 Å². The minimum absolute atomic E-state index is 0.290. The van der Waals surface area contributed by atoms with Gasteiger partial charge in [-0.3, -0.25) is 0 Å². The van der Waals surface area contributed by atoms with Gasteiger partial charge in [0, 0.05) is 22.0 Å². The normalized spacial score (nSPS) is 10.8. The lowest BCUT2D eigenvalue weighted by Crippen LogP contribution is -2.06. The van der Waals surface area contributed by atoms with E-state index in [4.69, 9.17) is 0 Å². The van der Waals surface area contributed by atoms with E-state index in [1.54, 1.807) is 0 Å². The molecule has 1 unspecified atom stereocenters. The molecule has 154 valence electrons. The van der Waals surface area contributed by atoms with Crippen LogP contribution in [-0.2, 0) is 0 Å². The largest absolute Gasteiger partial charge is 0.507 e. The lowest BCUT2D eigenvalue weighted by molar-refractivity contribution is 0.482. The van der Waals surface area contributed by atoms with Gasteiger partial charge in [-0.15, -0.1) is 9.24 Å². The topological polar surface area (TPSA) is 20.2 Å². The Labute approximate surface area is 191 Å². The summed E-state index contributed by atoms with van der Waals surface area (Å²) >= 11 is 0. The molecule has 0 aliphatic heterocycles. The Kier molecular flexibility index (Phi) is 5.58. The SMILES string of the molecule is Oc1c(P)c(-c2ccccc2)c(-c2ccccc2)c(-c2ccccc2)c1-c1ccccc1. The first-order valence-corrected chi connectivity index (χ1v) is 11.2. The lowest BCUT2D eigenvalue weighted by Gasteiger charge is -2.24. The van der Waals surface area contributed by atoms with Crippen molar-refractivity contribution in [1.82, 2.24) is 0 Å². The summed E-state index contributed by atoms with van der Waals surface area (Å²) in [5.41, 5.74) is 8.27. The number of aromatic hydroxyl groups is 1. The van der Waals surface area contributed by atoms with Gasteiger partial charge in [0.1, 0.15) is 5.75 Å².